The Balaban J connectivity index is 1.66. The van der Waals surface area contributed by atoms with Gasteiger partial charge in [0.2, 0.25) is 5.82 Å². The van der Waals surface area contributed by atoms with Crippen molar-refractivity contribution in [2.24, 2.45) is 0 Å². The highest BCUT2D eigenvalue weighted by molar-refractivity contribution is 6.30. The molecule has 0 radical (unpaired) electrons. The van der Waals surface area contributed by atoms with Crippen LogP contribution in [0.15, 0.2) is 64.2 Å². The number of aromatic nitrogens is 5. The lowest BCUT2D eigenvalue weighted by Crippen LogP contribution is -2.22. The molecule has 0 aliphatic rings. The highest BCUT2D eigenvalue weighted by Crippen LogP contribution is 2.21. The molecular formula is C18H11ClFN5O2. The minimum Gasteiger partial charge on any atom is -0.332 e. The Labute approximate surface area is 157 Å². The fourth-order valence-electron chi connectivity index (χ4n) is 2.46. The number of hydrogen-bond donors (Lipinski definition) is 0. The zero-order valence-electron chi connectivity index (χ0n) is 13.7. The van der Waals surface area contributed by atoms with Crippen LogP contribution in [0.5, 0.6) is 0 Å². The van der Waals surface area contributed by atoms with E-state index in [1.807, 2.05) is 0 Å². The van der Waals surface area contributed by atoms with E-state index in [-0.39, 0.29) is 23.8 Å². The Bertz CT molecular complexity index is 1170. The highest BCUT2D eigenvalue weighted by Gasteiger charge is 2.14. The molecule has 0 saturated heterocycles. The molecule has 0 unspecified atom stereocenters. The van der Waals surface area contributed by atoms with Crippen LogP contribution in [-0.4, -0.2) is 24.9 Å². The summed E-state index contributed by atoms with van der Waals surface area (Å²) in [7, 11) is 0. The van der Waals surface area contributed by atoms with Crippen molar-refractivity contribution < 1.29 is 8.91 Å². The summed E-state index contributed by atoms with van der Waals surface area (Å²) in [6.45, 7) is 0.115. The predicted molar refractivity (Wildman–Crippen MR) is 95.5 cm³/mol. The number of rotatable bonds is 4. The second-order valence-corrected chi connectivity index (χ2v) is 6.10. The minimum atomic E-state index is -0.381. The quantitative estimate of drug-likeness (QED) is 0.538. The Morgan fingerprint density at radius 3 is 2.85 bits per heavy atom. The molecule has 0 spiro atoms. The Morgan fingerprint density at radius 2 is 2.04 bits per heavy atom. The van der Waals surface area contributed by atoms with Crippen molar-refractivity contribution >= 4 is 11.6 Å². The van der Waals surface area contributed by atoms with Crippen molar-refractivity contribution in [1.29, 1.82) is 0 Å². The van der Waals surface area contributed by atoms with Crippen LogP contribution in [0.2, 0.25) is 5.02 Å². The molecule has 7 nitrogen and oxygen atoms in total. The SMILES string of the molecule is O=c1ccc(-c2nc(-c3cncc(Cl)c3)no2)nn1Cc1cccc(F)c1. The van der Waals surface area contributed by atoms with E-state index in [0.717, 1.165) is 0 Å². The molecule has 0 atom stereocenters. The molecular weight excluding hydrogens is 373 g/mol. The first-order valence-corrected chi connectivity index (χ1v) is 8.24. The summed E-state index contributed by atoms with van der Waals surface area (Å²) < 4.78 is 19.8. The molecule has 27 heavy (non-hydrogen) atoms. The van der Waals surface area contributed by atoms with Gasteiger partial charge in [0.25, 0.3) is 11.4 Å². The number of nitrogens with zero attached hydrogens (tertiary/aromatic N) is 5. The molecule has 134 valence electrons. The molecule has 1 aromatic carbocycles. The van der Waals surface area contributed by atoms with Crippen molar-refractivity contribution in [2.75, 3.05) is 0 Å². The Hall–Kier alpha value is -3.39. The topological polar surface area (TPSA) is 86.7 Å². The van der Waals surface area contributed by atoms with Crippen molar-refractivity contribution in [1.82, 2.24) is 24.9 Å². The van der Waals surface area contributed by atoms with Crippen LogP contribution in [0.25, 0.3) is 23.0 Å². The standard InChI is InChI=1S/C18H11ClFN5O2/c19-13-7-12(8-21-9-13)17-22-18(27-24-17)15-4-5-16(26)25(23-15)10-11-2-1-3-14(20)6-11/h1-9H,10H2. The molecule has 9 heteroatoms. The fraction of sp³-hybridized carbons (Fsp3) is 0.0556. The maximum absolute atomic E-state index is 13.4. The average Bonchev–Trinajstić information content (AvgIpc) is 3.14. The minimum absolute atomic E-state index is 0.115. The van der Waals surface area contributed by atoms with E-state index >= 15 is 0 Å². The molecule has 0 fully saturated rings. The predicted octanol–water partition coefficient (Wildman–Crippen LogP) is 3.20. The fourth-order valence-corrected chi connectivity index (χ4v) is 2.64. The molecule has 0 aliphatic heterocycles. The molecule has 4 aromatic rings. The smallest absolute Gasteiger partial charge is 0.278 e. The van der Waals surface area contributed by atoms with Gasteiger partial charge in [-0.05, 0) is 29.8 Å². The Kier molecular flexibility index (Phi) is 4.47. The lowest BCUT2D eigenvalue weighted by molar-refractivity contribution is 0.429. The number of hydrogen-bond acceptors (Lipinski definition) is 6. The van der Waals surface area contributed by atoms with E-state index in [4.69, 9.17) is 16.1 Å². The maximum atomic E-state index is 13.4. The highest BCUT2D eigenvalue weighted by atomic mass is 35.5. The largest absolute Gasteiger partial charge is 0.332 e. The summed E-state index contributed by atoms with van der Waals surface area (Å²) >= 11 is 5.92. The second kappa shape index (κ2) is 7.08. The third-order valence-corrected chi connectivity index (χ3v) is 3.90. The summed E-state index contributed by atoms with van der Waals surface area (Å²) in [5.74, 6) is 0.0519. The van der Waals surface area contributed by atoms with E-state index in [1.54, 1.807) is 24.4 Å². The monoisotopic (exact) mass is 383 g/mol. The van der Waals surface area contributed by atoms with Gasteiger partial charge >= 0.3 is 0 Å². The number of halogens is 2. The second-order valence-electron chi connectivity index (χ2n) is 5.66. The molecule has 0 saturated carbocycles. The lowest BCUT2D eigenvalue weighted by atomic mass is 10.2. The summed E-state index contributed by atoms with van der Waals surface area (Å²) in [5, 5.41) is 8.57. The van der Waals surface area contributed by atoms with E-state index in [9.17, 15) is 9.18 Å². The number of benzene rings is 1. The van der Waals surface area contributed by atoms with Crippen LogP contribution in [0.3, 0.4) is 0 Å². The first-order valence-electron chi connectivity index (χ1n) is 7.86. The molecule has 3 heterocycles. The van der Waals surface area contributed by atoms with Crippen LogP contribution >= 0.6 is 11.6 Å². The van der Waals surface area contributed by atoms with Crippen molar-refractivity contribution in [3.05, 3.63) is 81.6 Å². The summed E-state index contributed by atoms with van der Waals surface area (Å²) in [6.07, 6.45) is 3.05. The summed E-state index contributed by atoms with van der Waals surface area (Å²) in [6, 6.07) is 10.4. The average molecular weight is 384 g/mol. The van der Waals surface area contributed by atoms with Gasteiger partial charge in [-0.15, -0.1) is 0 Å². The van der Waals surface area contributed by atoms with Gasteiger partial charge in [0.1, 0.15) is 11.5 Å². The third-order valence-electron chi connectivity index (χ3n) is 3.70. The first-order chi connectivity index (χ1) is 13.1. The van der Waals surface area contributed by atoms with Crippen LogP contribution < -0.4 is 5.56 Å². The van der Waals surface area contributed by atoms with Gasteiger partial charge in [-0.3, -0.25) is 9.78 Å². The molecule has 0 bridgehead atoms. The summed E-state index contributed by atoms with van der Waals surface area (Å²) in [4.78, 5) is 20.3. The Morgan fingerprint density at radius 1 is 1.15 bits per heavy atom. The maximum Gasteiger partial charge on any atom is 0.278 e. The van der Waals surface area contributed by atoms with E-state index in [0.29, 0.717) is 27.7 Å². The van der Waals surface area contributed by atoms with E-state index < -0.39 is 0 Å². The van der Waals surface area contributed by atoms with Crippen molar-refractivity contribution in [3.8, 4) is 23.0 Å². The first kappa shape index (κ1) is 17.0. The lowest BCUT2D eigenvalue weighted by Gasteiger charge is -2.05. The van der Waals surface area contributed by atoms with Crippen molar-refractivity contribution in [2.45, 2.75) is 6.54 Å². The molecule has 3 aromatic heterocycles. The van der Waals surface area contributed by atoms with Gasteiger partial charge in [0.05, 0.1) is 11.6 Å². The van der Waals surface area contributed by atoms with Gasteiger partial charge in [-0.25, -0.2) is 9.07 Å². The number of pyridine rings is 1. The van der Waals surface area contributed by atoms with Gasteiger partial charge < -0.3 is 4.52 Å². The van der Waals surface area contributed by atoms with Gasteiger partial charge in [-0.2, -0.15) is 10.1 Å². The van der Waals surface area contributed by atoms with Crippen LogP contribution in [0.4, 0.5) is 4.39 Å². The van der Waals surface area contributed by atoms with E-state index in [1.165, 1.54) is 35.1 Å². The normalized spacial score (nSPS) is 10.9. The molecule has 0 aliphatic carbocycles. The van der Waals surface area contributed by atoms with E-state index in [2.05, 4.69) is 20.2 Å². The van der Waals surface area contributed by atoms with Crippen LogP contribution in [0, 0.1) is 5.82 Å². The van der Waals surface area contributed by atoms with Gasteiger partial charge in [0, 0.05) is 24.0 Å². The van der Waals surface area contributed by atoms with Gasteiger partial charge in [-0.1, -0.05) is 28.9 Å². The summed E-state index contributed by atoms with van der Waals surface area (Å²) in [5.41, 5.74) is 1.19. The third kappa shape index (κ3) is 3.75. The zero-order valence-corrected chi connectivity index (χ0v) is 14.5. The van der Waals surface area contributed by atoms with Gasteiger partial charge in [0.15, 0.2) is 0 Å². The van der Waals surface area contributed by atoms with Crippen LogP contribution in [-0.2, 0) is 6.54 Å². The zero-order chi connectivity index (χ0) is 18.8. The molecule has 0 N–H and O–H groups in total. The molecule has 4 rings (SSSR count). The van der Waals surface area contributed by atoms with Crippen LogP contribution in [0.1, 0.15) is 5.56 Å². The molecule has 0 amide bonds. The van der Waals surface area contributed by atoms with Crippen molar-refractivity contribution in [3.63, 3.8) is 0 Å².